The van der Waals surface area contributed by atoms with Crippen molar-refractivity contribution in [2.45, 2.75) is 0 Å². The SMILES string of the molecule is C=C(c1ncc[nH]1)c1ncc[nH]1. The Morgan fingerprint density at radius 2 is 1.58 bits per heavy atom. The van der Waals surface area contributed by atoms with Gasteiger partial charge in [0, 0.05) is 24.8 Å². The van der Waals surface area contributed by atoms with Crippen LogP contribution in [-0.4, -0.2) is 19.9 Å². The second-order valence-corrected chi connectivity index (χ2v) is 2.35. The van der Waals surface area contributed by atoms with E-state index in [-0.39, 0.29) is 0 Å². The van der Waals surface area contributed by atoms with Gasteiger partial charge in [0.15, 0.2) is 0 Å². The number of H-pyrrole nitrogens is 2. The molecule has 0 amide bonds. The van der Waals surface area contributed by atoms with Crippen molar-refractivity contribution in [2.75, 3.05) is 0 Å². The summed E-state index contributed by atoms with van der Waals surface area (Å²) in [5, 5.41) is 0. The Hall–Kier alpha value is -1.84. The van der Waals surface area contributed by atoms with Crippen LogP contribution in [0.3, 0.4) is 0 Å². The highest BCUT2D eigenvalue weighted by Crippen LogP contribution is 2.12. The van der Waals surface area contributed by atoms with E-state index < -0.39 is 0 Å². The average molecular weight is 160 g/mol. The molecule has 0 fully saturated rings. The average Bonchev–Trinajstić information content (AvgIpc) is 2.77. The molecule has 0 aliphatic heterocycles. The molecule has 0 aliphatic rings. The third kappa shape index (κ3) is 1.03. The van der Waals surface area contributed by atoms with Gasteiger partial charge in [-0.15, -0.1) is 0 Å². The summed E-state index contributed by atoms with van der Waals surface area (Å²) in [5.41, 5.74) is 0.769. The van der Waals surface area contributed by atoms with Crippen LogP contribution < -0.4 is 0 Å². The Morgan fingerprint density at radius 3 is 1.92 bits per heavy atom. The minimum Gasteiger partial charge on any atom is -0.345 e. The number of nitrogens with zero attached hydrogens (tertiary/aromatic N) is 2. The predicted octanol–water partition coefficient (Wildman–Crippen LogP) is 1.19. The predicted molar refractivity (Wildman–Crippen MR) is 45.3 cm³/mol. The first-order chi connectivity index (χ1) is 5.88. The summed E-state index contributed by atoms with van der Waals surface area (Å²) in [6.45, 7) is 3.85. The summed E-state index contributed by atoms with van der Waals surface area (Å²) in [6.07, 6.45) is 6.87. The fourth-order valence-electron chi connectivity index (χ4n) is 0.973. The minimum absolute atomic E-state index is 0.741. The van der Waals surface area contributed by atoms with E-state index in [4.69, 9.17) is 0 Å². The van der Waals surface area contributed by atoms with Gasteiger partial charge in [-0.05, 0) is 0 Å². The van der Waals surface area contributed by atoms with Crippen LogP contribution in [0.5, 0.6) is 0 Å². The zero-order valence-electron chi connectivity index (χ0n) is 6.41. The van der Waals surface area contributed by atoms with E-state index in [1.807, 2.05) is 0 Å². The van der Waals surface area contributed by atoms with Crippen molar-refractivity contribution in [3.05, 3.63) is 43.0 Å². The van der Waals surface area contributed by atoms with Crippen molar-refractivity contribution >= 4 is 5.57 Å². The summed E-state index contributed by atoms with van der Waals surface area (Å²) >= 11 is 0. The topological polar surface area (TPSA) is 57.4 Å². The van der Waals surface area contributed by atoms with Crippen LogP contribution in [0.15, 0.2) is 31.4 Å². The number of rotatable bonds is 2. The Labute approximate surface area is 69.4 Å². The van der Waals surface area contributed by atoms with Crippen LogP contribution in [0.1, 0.15) is 11.6 Å². The number of hydrogen-bond acceptors (Lipinski definition) is 2. The number of imidazole rings is 2. The Bertz CT molecular complexity index is 321. The third-order valence-electron chi connectivity index (χ3n) is 1.57. The maximum absolute atomic E-state index is 4.06. The highest BCUT2D eigenvalue weighted by Gasteiger charge is 2.04. The minimum atomic E-state index is 0.741. The van der Waals surface area contributed by atoms with Gasteiger partial charge in [-0.25, -0.2) is 9.97 Å². The van der Waals surface area contributed by atoms with E-state index in [0.29, 0.717) is 0 Å². The molecule has 0 saturated heterocycles. The lowest BCUT2D eigenvalue weighted by molar-refractivity contribution is 1.17. The van der Waals surface area contributed by atoms with Crippen LogP contribution >= 0.6 is 0 Å². The molecule has 0 aliphatic carbocycles. The molecule has 0 atom stereocenters. The second kappa shape index (κ2) is 2.65. The first-order valence-electron chi connectivity index (χ1n) is 3.56. The highest BCUT2D eigenvalue weighted by molar-refractivity contribution is 5.69. The molecule has 0 spiro atoms. The molecular weight excluding hydrogens is 152 g/mol. The zero-order valence-corrected chi connectivity index (χ0v) is 6.41. The fourth-order valence-corrected chi connectivity index (χ4v) is 0.973. The lowest BCUT2D eigenvalue weighted by atomic mass is 10.3. The smallest absolute Gasteiger partial charge is 0.140 e. The van der Waals surface area contributed by atoms with Gasteiger partial charge in [0.05, 0.1) is 5.57 Å². The molecule has 2 aromatic rings. The van der Waals surface area contributed by atoms with Gasteiger partial charge in [0.25, 0.3) is 0 Å². The van der Waals surface area contributed by atoms with Crippen molar-refractivity contribution < 1.29 is 0 Å². The van der Waals surface area contributed by atoms with Crippen LogP contribution in [-0.2, 0) is 0 Å². The molecular formula is C8H8N4. The monoisotopic (exact) mass is 160 g/mol. The molecule has 60 valence electrons. The van der Waals surface area contributed by atoms with Crippen molar-refractivity contribution in [1.82, 2.24) is 19.9 Å². The van der Waals surface area contributed by atoms with Crippen molar-refractivity contribution in [3.8, 4) is 0 Å². The van der Waals surface area contributed by atoms with E-state index in [0.717, 1.165) is 17.2 Å². The lowest BCUT2D eigenvalue weighted by Crippen LogP contribution is -1.90. The van der Waals surface area contributed by atoms with E-state index in [1.54, 1.807) is 24.8 Å². The first kappa shape index (κ1) is 6.84. The maximum Gasteiger partial charge on any atom is 0.140 e. The highest BCUT2D eigenvalue weighted by atomic mass is 14.9. The van der Waals surface area contributed by atoms with Gasteiger partial charge >= 0.3 is 0 Å². The van der Waals surface area contributed by atoms with E-state index >= 15 is 0 Å². The Kier molecular flexibility index (Phi) is 1.51. The van der Waals surface area contributed by atoms with Crippen LogP contribution in [0.25, 0.3) is 5.57 Å². The summed E-state index contributed by atoms with van der Waals surface area (Å²) in [5.74, 6) is 1.48. The first-order valence-corrected chi connectivity index (χ1v) is 3.56. The van der Waals surface area contributed by atoms with Gasteiger partial charge in [-0.2, -0.15) is 0 Å². The van der Waals surface area contributed by atoms with Crippen molar-refractivity contribution in [1.29, 1.82) is 0 Å². The quantitative estimate of drug-likeness (QED) is 0.693. The Morgan fingerprint density at radius 1 is 1.08 bits per heavy atom. The molecule has 0 aromatic carbocycles. The van der Waals surface area contributed by atoms with Crippen LogP contribution in [0.2, 0.25) is 0 Å². The largest absolute Gasteiger partial charge is 0.345 e. The molecule has 2 rings (SSSR count). The van der Waals surface area contributed by atoms with E-state index in [9.17, 15) is 0 Å². The molecule has 0 radical (unpaired) electrons. The zero-order chi connectivity index (χ0) is 8.39. The fraction of sp³-hybridized carbons (Fsp3) is 0. The van der Waals surface area contributed by atoms with E-state index in [1.165, 1.54) is 0 Å². The van der Waals surface area contributed by atoms with Gasteiger partial charge < -0.3 is 9.97 Å². The molecule has 0 bridgehead atoms. The molecule has 0 unspecified atom stereocenters. The number of nitrogens with one attached hydrogen (secondary N) is 2. The summed E-state index contributed by atoms with van der Waals surface area (Å²) < 4.78 is 0. The Balaban J connectivity index is 2.34. The van der Waals surface area contributed by atoms with Crippen molar-refractivity contribution in [2.24, 2.45) is 0 Å². The molecule has 2 N–H and O–H groups in total. The van der Waals surface area contributed by atoms with E-state index in [2.05, 4.69) is 26.5 Å². The standard InChI is InChI=1S/C8H8N4/c1-6(7-9-2-3-10-7)8-11-4-5-12-8/h2-5H,1H2,(H,9,10)(H,11,12). The summed E-state index contributed by atoms with van der Waals surface area (Å²) in [6, 6.07) is 0. The molecule has 4 heteroatoms. The normalized spacial score (nSPS) is 10.0. The summed E-state index contributed by atoms with van der Waals surface area (Å²) in [4.78, 5) is 14.0. The molecule has 12 heavy (non-hydrogen) atoms. The van der Waals surface area contributed by atoms with Gasteiger partial charge in [-0.1, -0.05) is 6.58 Å². The maximum atomic E-state index is 4.06. The molecule has 4 nitrogen and oxygen atoms in total. The summed E-state index contributed by atoms with van der Waals surface area (Å²) in [7, 11) is 0. The van der Waals surface area contributed by atoms with Gasteiger partial charge in [-0.3, -0.25) is 0 Å². The van der Waals surface area contributed by atoms with Crippen LogP contribution in [0, 0.1) is 0 Å². The molecule has 2 aromatic heterocycles. The van der Waals surface area contributed by atoms with Gasteiger partial charge in [0.1, 0.15) is 11.6 Å². The number of aromatic nitrogens is 4. The molecule has 0 saturated carbocycles. The molecule has 2 heterocycles. The van der Waals surface area contributed by atoms with Crippen molar-refractivity contribution in [3.63, 3.8) is 0 Å². The lowest BCUT2D eigenvalue weighted by Gasteiger charge is -1.95. The number of aromatic amines is 2. The van der Waals surface area contributed by atoms with Crippen LogP contribution in [0.4, 0.5) is 0 Å². The van der Waals surface area contributed by atoms with Gasteiger partial charge in [0.2, 0.25) is 0 Å². The third-order valence-corrected chi connectivity index (χ3v) is 1.57. The second-order valence-electron chi connectivity index (χ2n) is 2.35. The number of hydrogen-bond donors (Lipinski definition) is 2.